The largest absolute Gasteiger partial charge is 0.492 e. The second kappa shape index (κ2) is 9.09. The van der Waals surface area contributed by atoms with E-state index >= 15 is 0 Å². The topological polar surface area (TPSA) is 95.8 Å². The van der Waals surface area contributed by atoms with Crippen LogP contribution in [0.15, 0.2) is 34.3 Å². The molecule has 154 valence electrons. The highest BCUT2D eigenvalue weighted by molar-refractivity contribution is 6.12. The number of benzene rings is 3. The van der Waals surface area contributed by atoms with E-state index in [4.69, 9.17) is 18.9 Å². The molecule has 8 heteroatoms. The second-order valence-electron chi connectivity index (χ2n) is 6.20. The highest BCUT2D eigenvalue weighted by atomic mass is 16.5. The maximum atomic E-state index is 10.9. The first-order chi connectivity index (χ1) is 14.7. The summed E-state index contributed by atoms with van der Waals surface area (Å²) in [7, 11) is 6.00. The van der Waals surface area contributed by atoms with Gasteiger partial charge in [-0.3, -0.25) is 0 Å². The molecule has 30 heavy (non-hydrogen) atoms. The molecule has 0 aliphatic carbocycles. The number of methoxy groups -OCH3 is 4. The lowest BCUT2D eigenvalue weighted by molar-refractivity contribution is 0.309. The lowest BCUT2D eigenvalue weighted by Crippen LogP contribution is -2.04. The van der Waals surface area contributed by atoms with Gasteiger partial charge in [-0.1, -0.05) is 24.3 Å². The van der Waals surface area contributed by atoms with Crippen molar-refractivity contribution in [2.24, 2.45) is 9.98 Å². The molecule has 0 amide bonds. The van der Waals surface area contributed by atoms with Crippen LogP contribution in [0, 0.1) is 0 Å². The van der Waals surface area contributed by atoms with Crippen LogP contribution in [0.4, 0.5) is 0 Å². The SMILES string of the molecule is COc1c(OC)c(OC)c2c(CN=C=O)c3ccccc3c(CN=C=O)c2c1OC. The molecule has 0 aromatic heterocycles. The Bertz CT molecular complexity index is 1110. The third-order valence-electron chi connectivity index (χ3n) is 4.92. The van der Waals surface area contributed by atoms with Gasteiger partial charge in [-0.25, -0.2) is 19.6 Å². The summed E-state index contributed by atoms with van der Waals surface area (Å²) in [6.45, 7) is 0.124. The molecule has 3 rings (SSSR count). The monoisotopic (exact) mass is 408 g/mol. The lowest BCUT2D eigenvalue weighted by atomic mass is 9.89. The molecule has 8 nitrogen and oxygen atoms in total. The van der Waals surface area contributed by atoms with E-state index in [1.54, 1.807) is 12.2 Å². The van der Waals surface area contributed by atoms with Gasteiger partial charge in [-0.2, -0.15) is 0 Å². The standard InChI is InChI=1S/C22H20N2O6/c1-27-19-17-15(9-23-11-25)13-7-5-6-8-14(13)16(10-24-12-26)18(17)20(28-2)22(30-4)21(19)29-3/h5-8H,9-10H2,1-4H3. The number of isocyanates is 2. The molecular formula is C22H20N2O6. The fourth-order valence-corrected chi connectivity index (χ4v) is 3.83. The van der Waals surface area contributed by atoms with E-state index in [1.165, 1.54) is 28.4 Å². The minimum atomic E-state index is 0.0622. The molecule has 0 fully saturated rings. The van der Waals surface area contributed by atoms with Crippen LogP contribution >= 0.6 is 0 Å². The zero-order valence-electron chi connectivity index (χ0n) is 17.1. The molecule has 0 radical (unpaired) electrons. The van der Waals surface area contributed by atoms with Gasteiger partial charge in [0.2, 0.25) is 23.7 Å². The third-order valence-corrected chi connectivity index (χ3v) is 4.92. The molecular weight excluding hydrogens is 388 g/mol. The van der Waals surface area contributed by atoms with Crippen LogP contribution in [-0.4, -0.2) is 40.6 Å². The molecule has 0 atom stereocenters. The Hall–Kier alpha value is -3.86. The summed E-state index contributed by atoms with van der Waals surface area (Å²) in [4.78, 5) is 29.4. The first-order valence-electron chi connectivity index (χ1n) is 8.97. The van der Waals surface area contributed by atoms with E-state index in [9.17, 15) is 9.59 Å². The van der Waals surface area contributed by atoms with E-state index in [0.29, 0.717) is 33.8 Å². The quantitative estimate of drug-likeness (QED) is 0.320. The van der Waals surface area contributed by atoms with Gasteiger partial charge in [0.05, 0.1) is 41.5 Å². The Balaban J connectivity index is 2.74. The maximum Gasteiger partial charge on any atom is 0.235 e. The van der Waals surface area contributed by atoms with Gasteiger partial charge in [-0.05, 0) is 21.9 Å². The zero-order valence-corrected chi connectivity index (χ0v) is 17.1. The van der Waals surface area contributed by atoms with Crippen molar-refractivity contribution >= 4 is 33.7 Å². The van der Waals surface area contributed by atoms with E-state index in [-0.39, 0.29) is 13.1 Å². The second-order valence-corrected chi connectivity index (χ2v) is 6.20. The molecule has 0 heterocycles. The molecule has 0 aliphatic heterocycles. The van der Waals surface area contributed by atoms with Crippen molar-refractivity contribution in [1.82, 2.24) is 0 Å². The van der Waals surface area contributed by atoms with Crippen molar-refractivity contribution in [3.8, 4) is 23.0 Å². The van der Waals surface area contributed by atoms with Crippen LogP contribution in [0.25, 0.3) is 21.5 Å². The van der Waals surface area contributed by atoms with E-state index in [0.717, 1.165) is 21.9 Å². The number of ether oxygens (including phenoxy) is 4. The number of aliphatic imine (C=N–C) groups is 2. The van der Waals surface area contributed by atoms with Gasteiger partial charge in [-0.15, -0.1) is 0 Å². The molecule has 3 aromatic carbocycles. The number of fused-ring (bicyclic) bond motifs is 2. The molecule has 0 aliphatic rings. The van der Waals surface area contributed by atoms with Crippen LogP contribution in [0.1, 0.15) is 11.1 Å². The number of hydrogen-bond acceptors (Lipinski definition) is 8. The summed E-state index contributed by atoms with van der Waals surface area (Å²) in [6, 6.07) is 7.56. The predicted octanol–water partition coefficient (Wildman–Crippen LogP) is 3.70. The third kappa shape index (κ3) is 3.24. The number of rotatable bonds is 8. The van der Waals surface area contributed by atoms with Crippen LogP contribution in [0.2, 0.25) is 0 Å². The summed E-state index contributed by atoms with van der Waals surface area (Å²) in [5.41, 5.74) is 1.44. The Morgan fingerprint density at radius 1 is 0.667 bits per heavy atom. The van der Waals surface area contributed by atoms with E-state index < -0.39 is 0 Å². The van der Waals surface area contributed by atoms with Crippen molar-refractivity contribution in [2.45, 2.75) is 13.1 Å². The fourth-order valence-electron chi connectivity index (χ4n) is 3.83. The molecule has 3 aromatic rings. The number of hydrogen-bond donors (Lipinski definition) is 0. The number of nitrogens with zero attached hydrogens (tertiary/aromatic N) is 2. The average Bonchev–Trinajstić information content (AvgIpc) is 2.79. The summed E-state index contributed by atoms with van der Waals surface area (Å²) in [5, 5.41) is 2.90. The van der Waals surface area contributed by atoms with E-state index in [1.807, 2.05) is 24.3 Å². The van der Waals surface area contributed by atoms with Crippen LogP contribution in [0.3, 0.4) is 0 Å². The highest BCUT2D eigenvalue weighted by Gasteiger charge is 2.28. The van der Waals surface area contributed by atoms with Crippen molar-refractivity contribution in [3.05, 3.63) is 35.4 Å². The molecule has 0 spiro atoms. The van der Waals surface area contributed by atoms with Gasteiger partial charge in [0.15, 0.2) is 11.5 Å². The summed E-state index contributed by atoms with van der Waals surface area (Å²) >= 11 is 0. The van der Waals surface area contributed by atoms with E-state index in [2.05, 4.69) is 9.98 Å². The summed E-state index contributed by atoms with van der Waals surface area (Å²) in [6.07, 6.45) is 3.18. The van der Waals surface area contributed by atoms with Crippen LogP contribution in [-0.2, 0) is 22.7 Å². The van der Waals surface area contributed by atoms with Crippen LogP contribution < -0.4 is 18.9 Å². The first kappa shape index (κ1) is 20.9. The van der Waals surface area contributed by atoms with Gasteiger partial charge in [0.1, 0.15) is 0 Å². The van der Waals surface area contributed by atoms with Gasteiger partial charge in [0.25, 0.3) is 0 Å². The Morgan fingerprint density at radius 3 is 1.33 bits per heavy atom. The van der Waals surface area contributed by atoms with Crippen molar-refractivity contribution in [1.29, 1.82) is 0 Å². The minimum Gasteiger partial charge on any atom is -0.492 e. The minimum absolute atomic E-state index is 0.0622. The van der Waals surface area contributed by atoms with Crippen LogP contribution in [0.5, 0.6) is 23.0 Å². The van der Waals surface area contributed by atoms with Crippen molar-refractivity contribution < 1.29 is 28.5 Å². The Labute approximate surface area is 172 Å². The maximum absolute atomic E-state index is 10.9. The van der Waals surface area contributed by atoms with Gasteiger partial charge < -0.3 is 18.9 Å². The van der Waals surface area contributed by atoms with Crippen molar-refractivity contribution in [3.63, 3.8) is 0 Å². The smallest absolute Gasteiger partial charge is 0.235 e. The van der Waals surface area contributed by atoms with Gasteiger partial charge in [0, 0.05) is 10.8 Å². The Kier molecular flexibility index (Phi) is 6.32. The molecule has 0 unspecified atom stereocenters. The summed E-state index contributed by atoms with van der Waals surface area (Å²) in [5.74, 6) is 1.45. The number of carbonyl (C=O) groups excluding carboxylic acids is 2. The molecule has 0 N–H and O–H groups in total. The Morgan fingerprint density at radius 2 is 1.03 bits per heavy atom. The average molecular weight is 408 g/mol. The first-order valence-corrected chi connectivity index (χ1v) is 8.97. The predicted molar refractivity (Wildman–Crippen MR) is 111 cm³/mol. The summed E-state index contributed by atoms with van der Waals surface area (Å²) < 4.78 is 22.6. The highest BCUT2D eigenvalue weighted by Crippen LogP contribution is 2.54. The molecule has 0 saturated heterocycles. The zero-order chi connectivity index (χ0) is 21.7. The normalized spacial score (nSPS) is 10.3. The van der Waals surface area contributed by atoms with Crippen molar-refractivity contribution in [2.75, 3.05) is 28.4 Å². The van der Waals surface area contributed by atoms with Gasteiger partial charge >= 0.3 is 0 Å². The molecule has 0 saturated carbocycles. The fraction of sp³-hybridized carbons (Fsp3) is 0.273. The molecule has 0 bridgehead atoms. The lowest BCUT2D eigenvalue weighted by Gasteiger charge is -2.23.